The SMILES string of the molecule is COCC(C)CC(=O)N1CC(=O)NC(=O)C1C. The van der Waals surface area contributed by atoms with Crippen LogP contribution in [0.25, 0.3) is 0 Å². The fraction of sp³-hybridized carbons (Fsp3) is 0.727. The van der Waals surface area contributed by atoms with Crippen molar-refractivity contribution in [2.75, 3.05) is 20.3 Å². The van der Waals surface area contributed by atoms with E-state index in [9.17, 15) is 14.4 Å². The van der Waals surface area contributed by atoms with Gasteiger partial charge in [0.15, 0.2) is 0 Å². The highest BCUT2D eigenvalue weighted by atomic mass is 16.5. The number of ether oxygens (including phenoxy) is 1. The van der Waals surface area contributed by atoms with E-state index in [-0.39, 0.29) is 24.8 Å². The normalized spacial score (nSPS) is 22.3. The number of amides is 3. The molecular formula is C11H18N2O4. The van der Waals surface area contributed by atoms with E-state index in [0.717, 1.165) is 0 Å². The van der Waals surface area contributed by atoms with Crippen LogP contribution in [0.1, 0.15) is 20.3 Å². The molecule has 96 valence electrons. The first-order chi connectivity index (χ1) is 7.95. The summed E-state index contributed by atoms with van der Waals surface area (Å²) in [5.74, 6) is -0.972. The first-order valence-electron chi connectivity index (χ1n) is 5.57. The Morgan fingerprint density at radius 1 is 1.59 bits per heavy atom. The van der Waals surface area contributed by atoms with E-state index in [1.165, 1.54) is 4.90 Å². The molecule has 0 spiro atoms. The number of piperazine rings is 1. The Morgan fingerprint density at radius 2 is 2.24 bits per heavy atom. The Kier molecular flexibility index (Phi) is 4.62. The van der Waals surface area contributed by atoms with Crippen molar-refractivity contribution in [1.82, 2.24) is 10.2 Å². The summed E-state index contributed by atoms with van der Waals surface area (Å²) in [5, 5.41) is 2.20. The Morgan fingerprint density at radius 3 is 2.82 bits per heavy atom. The van der Waals surface area contributed by atoms with Crippen LogP contribution in [-0.2, 0) is 19.1 Å². The molecule has 6 heteroatoms. The maximum Gasteiger partial charge on any atom is 0.249 e. The lowest BCUT2D eigenvalue weighted by Gasteiger charge is -2.32. The number of nitrogens with one attached hydrogen (secondary N) is 1. The van der Waals surface area contributed by atoms with Gasteiger partial charge in [0.05, 0.1) is 0 Å². The molecule has 0 aromatic carbocycles. The second kappa shape index (κ2) is 5.77. The maximum absolute atomic E-state index is 11.9. The average Bonchev–Trinajstić information content (AvgIpc) is 2.23. The summed E-state index contributed by atoms with van der Waals surface area (Å²) in [5.41, 5.74) is 0. The van der Waals surface area contributed by atoms with E-state index < -0.39 is 17.9 Å². The number of imide groups is 1. The summed E-state index contributed by atoms with van der Waals surface area (Å²) in [6.07, 6.45) is 0.277. The second-order valence-electron chi connectivity index (χ2n) is 4.37. The predicted molar refractivity (Wildman–Crippen MR) is 60.0 cm³/mol. The highest BCUT2D eigenvalue weighted by Crippen LogP contribution is 2.11. The topological polar surface area (TPSA) is 75.7 Å². The number of hydrogen-bond acceptors (Lipinski definition) is 4. The summed E-state index contributed by atoms with van der Waals surface area (Å²) < 4.78 is 4.94. The second-order valence-corrected chi connectivity index (χ2v) is 4.37. The van der Waals surface area contributed by atoms with E-state index in [1.54, 1.807) is 14.0 Å². The molecule has 0 aromatic rings. The van der Waals surface area contributed by atoms with Crippen LogP contribution in [0.4, 0.5) is 0 Å². The zero-order valence-electron chi connectivity index (χ0n) is 10.4. The number of carbonyl (C=O) groups excluding carboxylic acids is 3. The fourth-order valence-corrected chi connectivity index (χ4v) is 1.78. The van der Waals surface area contributed by atoms with Gasteiger partial charge in [-0.25, -0.2) is 0 Å². The van der Waals surface area contributed by atoms with E-state index in [4.69, 9.17) is 4.74 Å². The summed E-state index contributed by atoms with van der Waals surface area (Å²) in [4.78, 5) is 35.8. The molecule has 2 unspecified atom stereocenters. The van der Waals surface area contributed by atoms with Crippen LogP contribution in [0.15, 0.2) is 0 Å². The summed E-state index contributed by atoms with van der Waals surface area (Å²) >= 11 is 0. The molecule has 0 bridgehead atoms. The highest BCUT2D eigenvalue weighted by Gasteiger charge is 2.33. The Bertz CT molecular complexity index is 329. The molecule has 0 aromatic heterocycles. The van der Waals surface area contributed by atoms with Crippen LogP contribution in [-0.4, -0.2) is 48.9 Å². The molecule has 1 rings (SSSR count). The molecule has 1 heterocycles. The van der Waals surface area contributed by atoms with Crippen LogP contribution < -0.4 is 5.32 Å². The quantitative estimate of drug-likeness (QED) is 0.676. The summed E-state index contributed by atoms with van der Waals surface area (Å²) in [6.45, 7) is 3.93. The lowest BCUT2D eigenvalue weighted by Crippen LogP contribution is -2.58. The van der Waals surface area contributed by atoms with Crippen molar-refractivity contribution < 1.29 is 19.1 Å². The van der Waals surface area contributed by atoms with Gasteiger partial charge >= 0.3 is 0 Å². The number of methoxy groups -OCH3 is 1. The summed E-state index contributed by atoms with van der Waals surface area (Å²) in [6, 6.07) is -0.588. The molecule has 1 N–H and O–H groups in total. The van der Waals surface area contributed by atoms with Crippen molar-refractivity contribution in [3.8, 4) is 0 Å². The van der Waals surface area contributed by atoms with Gasteiger partial charge in [-0.1, -0.05) is 6.92 Å². The Labute approximate surface area is 100 Å². The molecule has 2 atom stereocenters. The van der Waals surface area contributed by atoms with Crippen molar-refractivity contribution in [2.45, 2.75) is 26.3 Å². The largest absolute Gasteiger partial charge is 0.384 e. The molecule has 0 radical (unpaired) electrons. The zero-order valence-corrected chi connectivity index (χ0v) is 10.4. The van der Waals surface area contributed by atoms with Crippen LogP contribution in [0.5, 0.6) is 0 Å². The van der Waals surface area contributed by atoms with Crippen LogP contribution in [0.3, 0.4) is 0 Å². The number of carbonyl (C=O) groups is 3. The molecule has 0 saturated carbocycles. The fourth-order valence-electron chi connectivity index (χ4n) is 1.78. The van der Waals surface area contributed by atoms with Gasteiger partial charge in [0.1, 0.15) is 12.6 Å². The van der Waals surface area contributed by atoms with Crippen LogP contribution >= 0.6 is 0 Å². The molecular weight excluding hydrogens is 224 g/mol. The average molecular weight is 242 g/mol. The highest BCUT2D eigenvalue weighted by molar-refractivity contribution is 6.04. The van der Waals surface area contributed by atoms with Gasteiger partial charge in [-0.3, -0.25) is 19.7 Å². The van der Waals surface area contributed by atoms with E-state index in [0.29, 0.717) is 6.61 Å². The molecule has 1 aliphatic rings. The van der Waals surface area contributed by atoms with Gasteiger partial charge in [0.2, 0.25) is 17.7 Å². The van der Waals surface area contributed by atoms with Crippen molar-refractivity contribution in [3.05, 3.63) is 0 Å². The molecule has 1 saturated heterocycles. The Balaban J connectivity index is 2.61. The molecule has 6 nitrogen and oxygen atoms in total. The monoisotopic (exact) mass is 242 g/mol. The van der Waals surface area contributed by atoms with E-state index in [2.05, 4.69) is 5.32 Å². The minimum Gasteiger partial charge on any atom is -0.384 e. The van der Waals surface area contributed by atoms with Gasteiger partial charge in [0, 0.05) is 20.1 Å². The van der Waals surface area contributed by atoms with Crippen molar-refractivity contribution in [1.29, 1.82) is 0 Å². The minimum atomic E-state index is -0.588. The van der Waals surface area contributed by atoms with Gasteiger partial charge in [-0.05, 0) is 12.8 Å². The lowest BCUT2D eigenvalue weighted by molar-refractivity contribution is -0.150. The maximum atomic E-state index is 11.9. The number of hydrogen-bond donors (Lipinski definition) is 1. The van der Waals surface area contributed by atoms with Crippen molar-refractivity contribution in [3.63, 3.8) is 0 Å². The zero-order chi connectivity index (χ0) is 13.0. The van der Waals surface area contributed by atoms with E-state index in [1.807, 2.05) is 6.92 Å². The summed E-state index contributed by atoms with van der Waals surface area (Å²) in [7, 11) is 1.57. The van der Waals surface area contributed by atoms with E-state index >= 15 is 0 Å². The Hall–Kier alpha value is -1.43. The molecule has 1 fully saturated rings. The first-order valence-corrected chi connectivity index (χ1v) is 5.57. The van der Waals surface area contributed by atoms with Gasteiger partial charge in [0.25, 0.3) is 0 Å². The third-order valence-corrected chi connectivity index (χ3v) is 2.72. The lowest BCUT2D eigenvalue weighted by atomic mass is 10.1. The molecule has 3 amide bonds. The smallest absolute Gasteiger partial charge is 0.249 e. The third kappa shape index (κ3) is 3.52. The molecule has 17 heavy (non-hydrogen) atoms. The van der Waals surface area contributed by atoms with Crippen molar-refractivity contribution >= 4 is 17.7 Å². The predicted octanol–water partition coefficient (Wildman–Crippen LogP) is -0.467. The van der Waals surface area contributed by atoms with Gasteiger partial charge in [-0.2, -0.15) is 0 Å². The number of nitrogens with zero attached hydrogens (tertiary/aromatic N) is 1. The van der Waals surface area contributed by atoms with Crippen molar-refractivity contribution in [2.24, 2.45) is 5.92 Å². The van der Waals surface area contributed by atoms with Crippen LogP contribution in [0.2, 0.25) is 0 Å². The standard InChI is InChI=1S/C11H18N2O4/c1-7(6-17-3)4-10(15)13-5-9(14)12-11(16)8(13)2/h7-8H,4-6H2,1-3H3,(H,12,14,16). The first kappa shape index (κ1) is 13.6. The minimum absolute atomic E-state index is 0.0502. The van der Waals surface area contributed by atoms with Gasteiger partial charge in [-0.15, -0.1) is 0 Å². The third-order valence-electron chi connectivity index (χ3n) is 2.72. The number of rotatable bonds is 4. The van der Waals surface area contributed by atoms with Crippen LogP contribution in [0, 0.1) is 5.92 Å². The molecule has 0 aliphatic carbocycles. The molecule has 1 aliphatic heterocycles. The van der Waals surface area contributed by atoms with Gasteiger partial charge < -0.3 is 9.64 Å².